The van der Waals surface area contributed by atoms with Gasteiger partial charge in [0.2, 0.25) is 5.91 Å². The van der Waals surface area contributed by atoms with Gasteiger partial charge in [0.15, 0.2) is 0 Å². The topological polar surface area (TPSA) is 68.0 Å². The van der Waals surface area contributed by atoms with Crippen molar-refractivity contribution in [3.8, 4) is 0 Å². The summed E-state index contributed by atoms with van der Waals surface area (Å²) in [5.74, 6) is 0.0208. The van der Waals surface area contributed by atoms with Gasteiger partial charge in [0, 0.05) is 12.4 Å². The Hall–Kier alpha value is -1.42. The van der Waals surface area contributed by atoms with Crippen LogP contribution in [0.25, 0.3) is 0 Å². The van der Waals surface area contributed by atoms with E-state index in [0.29, 0.717) is 0 Å². The molecule has 0 aliphatic heterocycles. The van der Waals surface area contributed by atoms with Crippen LogP contribution >= 0.6 is 0 Å². The lowest BCUT2D eigenvalue weighted by molar-refractivity contribution is -0.123. The lowest BCUT2D eigenvalue weighted by Gasteiger charge is -2.19. The molecule has 1 heterocycles. The summed E-state index contributed by atoms with van der Waals surface area (Å²) >= 11 is 0. The fraction of sp³-hybridized carbons (Fsp3) is 0.500. The number of rotatable bonds is 4. The van der Waals surface area contributed by atoms with E-state index < -0.39 is 6.04 Å². The highest BCUT2D eigenvalue weighted by Gasteiger charge is 2.19. The molecule has 1 unspecified atom stereocenters. The maximum Gasteiger partial charge on any atom is 0.237 e. The Kier molecular flexibility index (Phi) is 4.43. The zero-order valence-electron chi connectivity index (χ0n) is 9.97. The Morgan fingerprint density at radius 2 is 2.12 bits per heavy atom. The standard InChI is InChI=1S/C12H19N3O/c1-8(2)11(13)12(16)15-9(3)10-5-4-6-14-7-10/h4-9,11H,13H2,1-3H3,(H,15,16)/t9-,11?/m0/s1. The van der Waals surface area contributed by atoms with Crippen molar-refractivity contribution in [2.24, 2.45) is 11.7 Å². The Balaban J connectivity index is 2.58. The molecule has 0 aliphatic rings. The van der Waals surface area contributed by atoms with Crippen molar-refractivity contribution in [1.82, 2.24) is 10.3 Å². The van der Waals surface area contributed by atoms with Gasteiger partial charge in [0.1, 0.15) is 0 Å². The van der Waals surface area contributed by atoms with Gasteiger partial charge in [-0.3, -0.25) is 9.78 Å². The fourth-order valence-corrected chi connectivity index (χ4v) is 1.33. The lowest BCUT2D eigenvalue weighted by Crippen LogP contribution is -2.44. The number of hydrogen-bond donors (Lipinski definition) is 2. The molecule has 0 bridgehead atoms. The molecule has 0 radical (unpaired) electrons. The third-order valence-electron chi connectivity index (χ3n) is 2.56. The molecule has 0 aromatic carbocycles. The molecule has 88 valence electrons. The van der Waals surface area contributed by atoms with E-state index in [-0.39, 0.29) is 17.9 Å². The molecule has 2 atom stereocenters. The minimum atomic E-state index is -0.459. The van der Waals surface area contributed by atoms with Gasteiger partial charge in [-0.1, -0.05) is 19.9 Å². The van der Waals surface area contributed by atoms with Crippen LogP contribution in [0.4, 0.5) is 0 Å². The van der Waals surface area contributed by atoms with E-state index in [1.54, 1.807) is 12.4 Å². The number of hydrogen-bond acceptors (Lipinski definition) is 3. The van der Waals surface area contributed by atoms with Crippen molar-refractivity contribution in [3.05, 3.63) is 30.1 Å². The van der Waals surface area contributed by atoms with Gasteiger partial charge in [0.25, 0.3) is 0 Å². The van der Waals surface area contributed by atoms with Gasteiger partial charge >= 0.3 is 0 Å². The molecule has 16 heavy (non-hydrogen) atoms. The molecule has 0 aliphatic carbocycles. The van der Waals surface area contributed by atoms with Crippen molar-refractivity contribution < 1.29 is 4.79 Å². The molecule has 0 saturated heterocycles. The molecule has 1 amide bonds. The molecular formula is C12H19N3O. The van der Waals surface area contributed by atoms with Crippen LogP contribution in [-0.2, 0) is 4.79 Å². The highest BCUT2D eigenvalue weighted by atomic mass is 16.2. The molecule has 4 nitrogen and oxygen atoms in total. The first-order valence-electron chi connectivity index (χ1n) is 5.48. The average molecular weight is 221 g/mol. The monoisotopic (exact) mass is 221 g/mol. The zero-order chi connectivity index (χ0) is 12.1. The Morgan fingerprint density at radius 3 is 2.62 bits per heavy atom. The summed E-state index contributed by atoms with van der Waals surface area (Å²) in [6, 6.07) is 3.25. The Bertz CT molecular complexity index is 337. The summed E-state index contributed by atoms with van der Waals surface area (Å²) in [6.07, 6.45) is 3.45. The van der Waals surface area contributed by atoms with Crippen molar-refractivity contribution >= 4 is 5.91 Å². The van der Waals surface area contributed by atoms with Gasteiger partial charge in [0.05, 0.1) is 12.1 Å². The number of pyridine rings is 1. The Morgan fingerprint density at radius 1 is 1.44 bits per heavy atom. The molecular weight excluding hydrogens is 202 g/mol. The smallest absolute Gasteiger partial charge is 0.237 e. The molecule has 3 N–H and O–H groups in total. The summed E-state index contributed by atoms with van der Waals surface area (Å²) in [4.78, 5) is 15.7. The van der Waals surface area contributed by atoms with E-state index in [2.05, 4.69) is 10.3 Å². The molecule has 0 spiro atoms. The molecule has 0 saturated carbocycles. The number of nitrogens with one attached hydrogen (secondary N) is 1. The van der Waals surface area contributed by atoms with E-state index in [4.69, 9.17) is 5.73 Å². The first kappa shape index (κ1) is 12.6. The second-order valence-corrected chi connectivity index (χ2v) is 4.29. The zero-order valence-corrected chi connectivity index (χ0v) is 9.97. The minimum Gasteiger partial charge on any atom is -0.348 e. The maximum atomic E-state index is 11.7. The Labute approximate surface area is 96.3 Å². The van der Waals surface area contributed by atoms with E-state index >= 15 is 0 Å². The number of nitrogens with two attached hydrogens (primary N) is 1. The van der Waals surface area contributed by atoms with E-state index in [1.807, 2.05) is 32.9 Å². The first-order valence-corrected chi connectivity index (χ1v) is 5.48. The van der Waals surface area contributed by atoms with Gasteiger partial charge in [-0.15, -0.1) is 0 Å². The van der Waals surface area contributed by atoms with Crippen LogP contribution in [0.5, 0.6) is 0 Å². The van der Waals surface area contributed by atoms with Crippen molar-refractivity contribution in [2.45, 2.75) is 32.9 Å². The summed E-state index contributed by atoms with van der Waals surface area (Å²) in [7, 11) is 0. The summed E-state index contributed by atoms with van der Waals surface area (Å²) in [5, 5.41) is 2.87. The van der Waals surface area contributed by atoms with Gasteiger partial charge in [-0.2, -0.15) is 0 Å². The van der Waals surface area contributed by atoms with Crippen LogP contribution in [0.1, 0.15) is 32.4 Å². The third-order valence-corrected chi connectivity index (χ3v) is 2.56. The van der Waals surface area contributed by atoms with E-state index in [1.165, 1.54) is 0 Å². The van der Waals surface area contributed by atoms with Crippen molar-refractivity contribution in [1.29, 1.82) is 0 Å². The second-order valence-electron chi connectivity index (χ2n) is 4.29. The fourth-order valence-electron chi connectivity index (χ4n) is 1.33. The first-order chi connectivity index (χ1) is 7.52. The highest BCUT2D eigenvalue weighted by molar-refractivity contribution is 5.82. The molecule has 1 aromatic heterocycles. The molecule has 1 rings (SSSR count). The third kappa shape index (κ3) is 3.31. The summed E-state index contributed by atoms with van der Waals surface area (Å²) in [5.41, 5.74) is 6.74. The predicted molar refractivity (Wildman–Crippen MR) is 63.6 cm³/mol. The second kappa shape index (κ2) is 5.61. The van der Waals surface area contributed by atoms with Crippen molar-refractivity contribution in [2.75, 3.05) is 0 Å². The lowest BCUT2D eigenvalue weighted by atomic mass is 10.0. The van der Waals surface area contributed by atoms with Gasteiger partial charge in [-0.05, 0) is 24.5 Å². The van der Waals surface area contributed by atoms with E-state index in [0.717, 1.165) is 5.56 Å². The van der Waals surface area contributed by atoms with Crippen LogP contribution in [0.3, 0.4) is 0 Å². The minimum absolute atomic E-state index is 0.0639. The van der Waals surface area contributed by atoms with Gasteiger partial charge in [-0.25, -0.2) is 0 Å². The number of amides is 1. The van der Waals surface area contributed by atoms with Crippen LogP contribution in [-0.4, -0.2) is 16.9 Å². The number of carbonyl (C=O) groups excluding carboxylic acids is 1. The SMILES string of the molecule is CC(C)C(N)C(=O)N[C@@H](C)c1cccnc1. The quantitative estimate of drug-likeness (QED) is 0.803. The van der Waals surface area contributed by atoms with Crippen molar-refractivity contribution in [3.63, 3.8) is 0 Å². The summed E-state index contributed by atoms with van der Waals surface area (Å²) < 4.78 is 0. The highest BCUT2D eigenvalue weighted by Crippen LogP contribution is 2.10. The van der Waals surface area contributed by atoms with Crippen LogP contribution in [0, 0.1) is 5.92 Å². The normalized spacial score (nSPS) is 14.6. The van der Waals surface area contributed by atoms with Crippen LogP contribution in [0.15, 0.2) is 24.5 Å². The predicted octanol–water partition coefficient (Wildman–Crippen LogP) is 1.24. The van der Waals surface area contributed by atoms with Crippen LogP contribution < -0.4 is 11.1 Å². The molecule has 1 aromatic rings. The number of nitrogens with zero attached hydrogens (tertiary/aromatic N) is 1. The summed E-state index contributed by atoms with van der Waals surface area (Å²) in [6.45, 7) is 5.78. The number of aromatic nitrogens is 1. The number of carbonyl (C=O) groups is 1. The van der Waals surface area contributed by atoms with Gasteiger partial charge < -0.3 is 11.1 Å². The molecule has 0 fully saturated rings. The van der Waals surface area contributed by atoms with Crippen LogP contribution in [0.2, 0.25) is 0 Å². The van der Waals surface area contributed by atoms with E-state index in [9.17, 15) is 4.79 Å². The maximum absolute atomic E-state index is 11.7. The largest absolute Gasteiger partial charge is 0.348 e. The average Bonchev–Trinajstić information content (AvgIpc) is 2.28. The molecule has 4 heteroatoms.